The van der Waals surface area contributed by atoms with Gasteiger partial charge in [0.05, 0.1) is 14.2 Å². The van der Waals surface area contributed by atoms with Crippen LogP contribution in [-0.4, -0.2) is 43.5 Å². The van der Waals surface area contributed by atoms with Gasteiger partial charge in [0.15, 0.2) is 11.5 Å². The van der Waals surface area contributed by atoms with Crippen molar-refractivity contribution in [3.8, 4) is 11.5 Å². The zero-order chi connectivity index (χ0) is 23.7. The van der Waals surface area contributed by atoms with Gasteiger partial charge >= 0.3 is 0 Å². The first-order valence-electron chi connectivity index (χ1n) is 10.8. The molecular weight excluding hydrogens is 428 g/mol. The summed E-state index contributed by atoms with van der Waals surface area (Å²) in [5.74, 6) is 1.32. The van der Waals surface area contributed by atoms with E-state index in [1.165, 1.54) is 0 Å². The minimum atomic E-state index is -0.606. The second-order valence-corrected chi connectivity index (χ2v) is 8.59. The summed E-state index contributed by atoms with van der Waals surface area (Å²) in [4.78, 5) is 27.6. The molecule has 7 heteroatoms. The van der Waals surface area contributed by atoms with Crippen molar-refractivity contribution < 1.29 is 19.1 Å². The number of nitrogens with one attached hydrogen (secondary N) is 1. The van der Waals surface area contributed by atoms with Gasteiger partial charge in [-0.15, -0.1) is 0 Å². The number of halogens is 1. The minimum Gasteiger partial charge on any atom is -0.493 e. The molecule has 0 spiro atoms. The monoisotopic (exact) mass is 460 g/mol. The van der Waals surface area contributed by atoms with Crippen LogP contribution in [0.3, 0.4) is 0 Å². The highest BCUT2D eigenvalue weighted by atomic mass is 35.5. The third kappa shape index (κ3) is 7.45. The van der Waals surface area contributed by atoms with E-state index in [1.807, 2.05) is 50.2 Å². The van der Waals surface area contributed by atoms with Crippen LogP contribution >= 0.6 is 11.6 Å². The highest BCUT2D eigenvalue weighted by Gasteiger charge is 2.26. The molecule has 0 saturated carbocycles. The zero-order valence-electron chi connectivity index (χ0n) is 19.5. The third-order valence-electron chi connectivity index (χ3n) is 5.17. The molecular formula is C25H33ClN2O4. The summed E-state index contributed by atoms with van der Waals surface area (Å²) in [7, 11) is 3.16. The van der Waals surface area contributed by atoms with E-state index in [9.17, 15) is 9.59 Å². The highest BCUT2D eigenvalue weighted by Crippen LogP contribution is 2.28. The molecule has 0 radical (unpaired) electrons. The van der Waals surface area contributed by atoms with Gasteiger partial charge < -0.3 is 19.7 Å². The highest BCUT2D eigenvalue weighted by molar-refractivity contribution is 6.30. The van der Waals surface area contributed by atoms with Crippen LogP contribution in [0.5, 0.6) is 11.5 Å². The van der Waals surface area contributed by atoms with Crippen LogP contribution < -0.4 is 14.8 Å². The molecule has 2 aromatic rings. The Hall–Kier alpha value is -2.73. The standard InChI is InChI=1S/C25H33ClN2O4/c1-17(2)15-27-25(30)18(3)28(16-20-7-6-8-21(26)13-20)24(29)12-10-19-9-11-22(31-4)23(14-19)32-5/h6-9,11,13-14,17-18H,10,12,15-16H2,1-5H3,(H,27,30). The fraction of sp³-hybridized carbons (Fsp3) is 0.440. The molecule has 0 aromatic heterocycles. The average Bonchev–Trinajstić information content (AvgIpc) is 2.78. The van der Waals surface area contributed by atoms with Crippen LogP contribution in [-0.2, 0) is 22.6 Å². The normalized spacial score (nSPS) is 11.7. The van der Waals surface area contributed by atoms with E-state index in [0.29, 0.717) is 41.9 Å². The first-order chi connectivity index (χ1) is 15.2. The molecule has 2 rings (SSSR count). The SMILES string of the molecule is COc1ccc(CCC(=O)N(Cc2cccc(Cl)c2)C(C)C(=O)NCC(C)C)cc1OC. The molecule has 174 valence electrons. The fourth-order valence-corrected chi connectivity index (χ4v) is 3.51. The summed E-state index contributed by atoms with van der Waals surface area (Å²) in [5, 5.41) is 3.52. The lowest BCUT2D eigenvalue weighted by atomic mass is 10.1. The second kappa shape index (κ2) is 12.3. The number of rotatable bonds is 11. The van der Waals surface area contributed by atoms with Gasteiger partial charge in [-0.1, -0.05) is 43.6 Å². The molecule has 0 heterocycles. The molecule has 2 amide bonds. The number of nitrogens with zero attached hydrogens (tertiary/aromatic N) is 1. The smallest absolute Gasteiger partial charge is 0.242 e. The first-order valence-corrected chi connectivity index (χ1v) is 11.2. The first kappa shape index (κ1) is 25.5. The quantitative estimate of drug-likeness (QED) is 0.536. The van der Waals surface area contributed by atoms with Crippen LogP contribution in [0.2, 0.25) is 5.02 Å². The summed E-state index contributed by atoms with van der Waals surface area (Å²) >= 11 is 6.12. The number of carbonyl (C=O) groups is 2. The molecule has 0 aliphatic rings. The lowest BCUT2D eigenvalue weighted by Crippen LogP contribution is -2.48. The molecule has 1 unspecified atom stereocenters. The molecule has 0 fully saturated rings. The van der Waals surface area contributed by atoms with Gasteiger partial charge in [-0.2, -0.15) is 0 Å². The molecule has 6 nitrogen and oxygen atoms in total. The van der Waals surface area contributed by atoms with Gasteiger partial charge in [0.2, 0.25) is 11.8 Å². The number of hydrogen-bond acceptors (Lipinski definition) is 4. The van der Waals surface area contributed by atoms with E-state index in [2.05, 4.69) is 5.32 Å². The Morgan fingerprint density at radius 1 is 1.00 bits per heavy atom. The molecule has 0 aliphatic carbocycles. The topological polar surface area (TPSA) is 67.9 Å². The molecule has 1 N–H and O–H groups in total. The summed E-state index contributed by atoms with van der Waals surface area (Å²) in [6.45, 7) is 6.69. The second-order valence-electron chi connectivity index (χ2n) is 8.16. The maximum Gasteiger partial charge on any atom is 0.242 e. The lowest BCUT2D eigenvalue weighted by Gasteiger charge is -2.29. The largest absolute Gasteiger partial charge is 0.493 e. The number of methoxy groups -OCH3 is 2. The van der Waals surface area contributed by atoms with E-state index in [4.69, 9.17) is 21.1 Å². The Kier molecular flexibility index (Phi) is 9.85. The van der Waals surface area contributed by atoms with Gasteiger partial charge in [-0.25, -0.2) is 0 Å². The molecule has 1 atom stereocenters. The van der Waals surface area contributed by atoms with Crippen molar-refractivity contribution in [2.24, 2.45) is 5.92 Å². The van der Waals surface area contributed by atoms with E-state index in [-0.39, 0.29) is 18.2 Å². The zero-order valence-corrected chi connectivity index (χ0v) is 20.2. The maximum absolute atomic E-state index is 13.2. The number of amides is 2. The number of ether oxygens (including phenoxy) is 2. The van der Waals surface area contributed by atoms with E-state index in [1.54, 1.807) is 32.1 Å². The molecule has 0 bridgehead atoms. The van der Waals surface area contributed by atoms with Gasteiger partial charge in [0, 0.05) is 24.5 Å². The predicted molar refractivity (Wildman–Crippen MR) is 127 cm³/mol. The summed E-state index contributed by atoms with van der Waals surface area (Å²) in [6.07, 6.45) is 0.781. The van der Waals surface area contributed by atoms with E-state index >= 15 is 0 Å². The van der Waals surface area contributed by atoms with Gasteiger partial charge in [-0.3, -0.25) is 9.59 Å². The Morgan fingerprint density at radius 2 is 1.72 bits per heavy atom. The Labute approximate surface area is 195 Å². The van der Waals surface area contributed by atoms with Gasteiger partial charge in [0.1, 0.15) is 6.04 Å². The van der Waals surface area contributed by atoms with E-state index in [0.717, 1.165) is 11.1 Å². The van der Waals surface area contributed by atoms with Crippen LogP contribution in [0.15, 0.2) is 42.5 Å². The Balaban J connectivity index is 2.16. The van der Waals surface area contributed by atoms with Gasteiger partial charge in [0.25, 0.3) is 0 Å². The minimum absolute atomic E-state index is 0.105. The lowest BCUT2D eigenvalue weighted by molar-refractivity contribution is -0.140. The van der Waals surface area contributed by atoms with Crippen molar-refractivity contribution in [2.75, 3.05) is 20.8 Å². The summed E-state index contributed by atoms with van der Waals surface area (Å²) in [6, 6.07) is 12.3. The van der Waals surface area contributed by atoms with Crippen molar-refractivity contribution in [2.45, 2.75) is 46.2 Å². The van der Waals surface area contributed by atoms with Crippen LogP contribution in [0.4, 0.5) is 0 Å². The molecule has 0 saturated heterocycles. The number of carbonyl (C=O) groups excluding carboxylic acids is 2. The van der Waals surface area contributed by atoms with Crippen molar-refractivity contribution in [1.29, 1.82) is 0 Å². The molecule has 0 aliphatic heterocycles. The Morgan fingerprint density at radius 3 is 2.34 bits per heavy atom. The third-order valence-corrected chi connectivity index (χ3v) is 5.40. The van der Waals surface area contributed by atoms with Crippen molar-refractivity contribution in [1.82, 2.24) is 10.2 Å². The fourth-order valence-electron chi connectivity index (χ4n) is 3.30. The van der Waals surface area contributed by atoms with Crippen LogP contribution in [0.25, 0.3) is 0 Å². The number of hydrogen-bond donors (Lipinski definition) is 1. The summed E-state index contributed by atoms with van der Waals surface area (Å²) < 4.78 is 10.6. The van der Waals surface area contributed by atoms with E-state index < -0.39 is 6.04 Å². The molecule has 32 heavy (non-hydrogen) atoms. The van der Waals surface area contributed by atoms with Crippen molar-refractivity contribution in [3.63, 3.8) is 0 Å². The van der Waals surface area contributed by atoms with Gasteiger partial charge in [-0.05, 0) is 54.7 Å². The van der Waals surface area contributed by atoms with Crippen LogP contribution in [0, 0.1) is 5.92 Å². The maximum atomic E-state index is 13.2. The number of benzene rings is 2. The number of aryl methyl sites for hydroxylation is 1. The van der Waals surface area contributed by atoms with Crippen LogP contribution in [0.1, 0.15) is 38.3 Å². The van der Waals surface area contributed by atoms with Crippen molar-refractivity contribution >= 4 is 23.4 Å². The summed E-state index contributed by atoms with van der Waals surface area (Å²) in [5.41, 5.74) is 1.83. The average molecular weight is 461 g/mol. The Bertz CT molecular complexity index is 917. The van der Waals surface area contributed by atoms with Crippen molar-refractivity contribution in [3.05, 3.63) is 58.6 Å². The predicted octanol–water partition coefficient (Wildman–Crippen LogP) is 4.48. The molecule has 2 aromatic carbocycles.